The standard InChI is InChI=1S/C28H33N3O3S/c1-17(2)31-23-12-9-20(13-22(23)19(4)15-28(31,5)6)14-24-26(33)30(27(34)35-24)16-25(32)29-21-10-7-18(3)8-11-21/h7-14,17,19H,15-16H2,1-6H3,(H,29,32)/b24-14-. The molecule has 3 amide bonds. The highest BCUT2D eigenvalue weighted by Crippen LogP contribution is 2.45. The Balaban J connectivity index is 1.52. The van der Waals surface area contributed by atoms with Crippen molar-refractivity contribution in [1.82, 2.24) is 4.90 Å². The highest BCUT2D eigenvalue weighted by atomic mass is 32.2. The van der Waals surface area contributed by atoms with E-state index in [-0.39, 0.29) is 12.1 Å². The van der Waals surface area contributed by atoms with Crippen molar-refractivity contribution in [3.8, 4) is 0 Å². The maximum absolute atomic E-state index is 13.0. The molecule has 1 unspecified atom stereocenters. The van der Waals surface area contributed by atoms with Gasteiger partial charge in [0.05, 0.1) is 4.91 Å². The van der Waals surface area contributed by atoms with Crippen molar-refractivity contribution in [3.05, 3.63) is 64.1 Å². The molecule has 2 aromatic carbocycles. The lowest BCUT2D eigenvalue weighted by molar-refractivity contribution is -0.127. The predicted octanol–water partition coefficient (Wildman–Crippen LogP) is 6.17. The Labute approximate surface area is 211 Å². The number of hydrogen-bond donors (Lipinski definition) is 1. The summed E-state index contributed by atoms with van der Waals surface area (Å²) in [6.07, 6.45) is 2.80. The number of nitrogens with one attached hydrogen (secondary N) is 1. The van der Waals surface area contributed by atoms with Crippen LogP contribution in [0.25, 0.3) is 6.08 Å². The minimum absolute atomic E-state index is 0.0594. The number of aryl methyl sites for hydroxylation is 1. The Morgan fingerprint density at radius 1 is 1.17 bits per heavy atom. The first-order valence-electron chi connectivity index (χ1n) is 12.0. The average Bonchev–Trinajstić information content (AvgIpc) is 3.02. The van der Waals surface area contributed by atoms with Gasteiger partial charge in [-0.15, -0.1) is 0 Å². The highest BCUT2D eigenvalue weighted by molar-refractivity contribution is 8.18. The van der Waals surface area contributed by atoms with E-state index in [2.05, 4.69) is 57.0 Å². The molecule has 1 N–H and O–H groups in total. The van der Waals surface area contributed by atoms with E-state index in [0.29, 0.717) is 22.6 Å². The molecule has 0 saturated carbocycles. The quantitative estimate of drug-likeness (QED) is 0.507. The largest absolute Gasteiger partial charge is 0.364 e. The normalized spacial score (nSPS) is 20.5. The maximum atomic E-state index is 13.0. The summed E-state index contributed by atoms with van der Waals surface area (Å²) in [7, 11) is 0. The second kappa shape index (κ2) is 9.53. The number of thioether (sulfide) groups is 1. The van der Waals surface area contributed by atoms with Gasteiger partial charge in [0.25, 0.3) is 11.1 Å². The number of anilines is 2. The number of benzene rings is 2. The monoisotopic (exact) mass is 491 g/mol. The molecule has 7 heteroatoms. The number of carbonyl (C=O) groups excluding carboxylic acids is 3. The Hall–Kier alpha value is -3.06. The van der Waals surface area contributed by atoms with Crippen molar-refractivity contribution in [3.63, 3.8) is 0 Å². The van der Waals surface area contributed by atoms with E-state index in [1.54, 1.807) is 18.2 Å². The topological polar surface area (TPSA) is 69.7 Å². The summed E-state index contributed by atoms with van der Waals surface area (Å²) < 4.78 is 0. The number of rotatable bonds is 5. The van der Waals surface area contributed by atoms with Crippen LogP contribution in [0.5, 0.6) is 0 Å². The van der Waals surface area contributed by atoms with Crippen LogP contribution in [0.4, 0.5) is 16.2 Å². The fourth-order valence-electron chi connectivity index (χ4n) is 5.31. The number of fused-ring (bicyclic) bond motifs is 1. The van der Waals surface area contributed by atoms with Crippen molar-refractivity contribution in [2.45, 2.75) is 65.5 Å². The molecule has 6 nitrogen and oxygen atoms in total. The van der Waals surface area contributed by atoms with Crippen LogP contribution in [0.3, 0.4) is 0 Å². The van der Waals surface area contributed by atoms with Gasteiger partial charge in [-0.3, -0.25) is 19.3 Å². The molecule has 0 aromatic heterocycles. The van der Waals surface area contributed by atoms with E-state index in [1.807, 2.05) is 25.1 Å². The fourth-order valence-corrected chi connectivity index (χ4v) is 6.14. The molecule has 0 radical (unpaired) electrons. The van der Waals surface area contributed by atoms with Gasteiger partial charge in [-0.1, -0.05) is 30.7 Å². The molecule has 0 bridgehead atoms. The number of amides is 3. The van der Waals surface area contributed by atoms with Gasteiger partial charge in [0.2, 0.25) is 5.91 Å². The first-order valence-corrected chi connectivity index (χ1v) is 12.8. The van der Waals surface area contributed by atoms with Gasteiger partial charge in [0, 0.05) is 23.0 Å². The average molecular weight is 492 g/mol. The van der Waals surface area contributed by atoms with E-state index in [4.69, 9.17) is 0 Å². The predicted molar refractivity (Wildman–Crippen MR) is 144 cm³/mol. The molecule has 2 aromatic rings. The molecule has 2 heterocycles. The number of imide groups is 1. The van der Waals surface area contributed by atoms with Crippen LogP contribution in [-0.2, 0) is 9.59 Å². The van der Waals surface area contributed by atoms with Crippen LogP contribution in [-0.4, -0.2) is 40.1 Å². The van der Waals surface area contributed by atoms with E-state index in [9.17, 15) is 14.4 Å². The van der Waals surface area contributed by atoms with Crippen LogP contribution < -0.4 is 10.2 Å². The zero-order valence-electron chi connectivity index (χ0n) is 21.2. The second-order valence-electron chi connectivity index (χ2n) is 10.4. The lowest BCUT2D eigenvalue weighted by atomic mass is 9.79. The Bertz CT molecular complexity index is 1200. The third kappa shape index (κ3) is 5.15. The molecule has 2 aliphatic rings. The van der Waals surface area contributed by atoms with Crippen LogP contribution >= 0.6 is 11.8 Å². The molecule has 4 rings (SSSR count). The van der Waals surface area contributed by atoms with Gasteiger partial charge < -0.3 is 10.2 Å². The fraction of sp³-hybridized carbons (Fsp3) is 0.393. The second-order valence-corrected chi connectivity index (χ2v) is 11.4. The van der Waals surface area contributed by atoms with Crippen molar-refractivity contribution in [2.75, 3.05) is 16.8 Å². The molecule has 1 fully saturated rings. The first-order chi connectivity index (χ1) is 16.5. The smallest absolute Gasteiger partial charge is 0.294 e. The Morgan fingerprint density at radius 3 is 2.51 bits per heavy atom. The molecule has 1 saturated heterocycles. The third-order valence-corrected chi connectivity index (χ3v) is 7.53. The maximum Gasteiger partial charge on any atom is 0.294 e. The van der Waals surface area contributed by atoms with Crippen LogP contribution in [0.2, 0.25) is 0 Å². The minimum atomic E-state index is -0.435. The number of carbonyl (C=O) groups is 3. The van der Waals surface area contributed by atoms with E-state index < -0.39 is 17.1 Å². The molecule has 1 atom stereocenters. The van der Waals surface area contributed by atoms with E-state index in [1.165, 1.54) is 11.3 Å². The van der Waals surface area contributed by atoms with Crippen LogP contribution in [0, 0.1) is 6.92 Å². The van der Waals surface area contributed by atoms with Gasteiger partial charge in [-0.05, 0) is 100 Å². The van der Waals surface area contributed by atoms with Crippen molar-refractivity contribution in [1.29, 1.82) is 0 Å². The first kappa shape index (κ1) is 25.0. The Kier molecular flexibility index (Phi) is 6.82. The zero-order chi connectivity index (χ0) is 25.5. The van der Waals surface area contributed by atoms with Crippen molar-refractivity contribution < 1.29 is 14.4 Å². The zero-order valence-corrected chi connectivity index (χ0v) is 22.0. The molecule has 2 aliphatic heterocycles. The molecule has 0 aliphatic carbocycles. The van der Waals surface area contributed by atoms with Gasteiger partial charge in [0.1, 0.15) is 6.54 Å². The lowest BCUT2D eigenvalue weighted by Crippen LogP contribution is -2.51. The van der Waals surface area contributed by atoms with E-state index >= 15 is 0 Å². The molecular weight excluding hydrogens is 458 g/mol. The van der Waals surface area contributed by atoms with E-state index in [0.717, 1.165) is 34.2 Å². The highest BCUT2D eigenvalue weighted by Gasteiger charge is 2.38. The number of hydrogen-bond acceptors (Lipinski definition) is 5. The molecule has 35 heavy (non-hydrogen) atoms. The van der Waals surface area contributed by atoms with Gasteiger partial charge in [0.15, 0.2) is 0 Å². The van der Waals surface area contributed by atoms with Crippen LogP contribution in [0.15, 0.2) is 47.4 Å². The summed E-state index contributed by atoms with van der Waals surface area (Å²) >= 11 is 0.878. The van der Waals surface area contributed by atoms with Crippen molar-refractivity contribution >= 4 is 46.3 Å². The van der Waals surface area contributed by atoms with Gasteiger partial charge in [-0.2, -0.15) is 0 Å². The summed E-state index contributed by atoms with van der Waals surface area (Å²) in [4.78, 5) is 41.8. The minimum Gasteiger partial charge on any atom is -0.364 e. The summed E-state index contributed by atoms with van der Waals surface area (Å²) in [6, 6.07) is 14.0. The molecule has 0 spiro atoms. The third-order valence-electron chi connectivity index (χ3n) is 6.62. The SMILES string of the molecule is Cc1ccc(NC(=O)CN2C(=O)S/C(=C\c3ccc4c(c3)C(C)CC(C)(C)N4C(C)C)C2=O)cc1. The van der Waals surface area contributed by atoms with Gasteiger partial charge in [-0.25, -0.2) is 0 Å². The summed E-state index contributed by atoms with van der Waals surface area (Å²) in [6.45, 7) is 12.9. The van der Waals surface area contributed by atoms with Gasteiger partial charge >= 0.3 is 0 Å². The number of nitrogens with zero attached hydrogens (tertiary/aromatic N) is 2. The summed E-state index contributed by atoms with van der Waals surface area (Å²) in [5.41, 5.74) is 5.13. The molecule has 184 valence electrons. The van der Waals surface area contributed by atoms with Crippen LogP contribution in [0.1, 0.15) is 63.6 Å². The molecular formula is C28H33N3O3S. The summed E-state index contributed by atoms with van der Waals surface area (Å²) in [5, 5.41) is 2.31. The summed E-state index contributed by atoms with van der Waals surface area (Å²) in [5.74, 6) is -0.463. The lowest BCUT2D eigenvalue weighted by Gasteiger charge is -2.50. The van der Waals surface area contributed by atoms with Crippen molar-refractivity contribution in [2.24, 2.45) is 0 Å². The Morgan fingerprint density at radius 2 is 1.86 bits per heavy atom.